The third kappa shape index (κ3) is 2.17. The number of hydrogen-bond acceptors (Lipinski definition) is 1. The van der Waals surface area contributed by atoms with Crippen molar-refractivity contribution in [3.63, 3.8) is 0 Å². The van der Waals surface area contributed by atoms with E-state index >= 15 is 0 Å². The lowest BCUT2D eigenvalue weighted by Crippen LogP contribution is -1.97. The third-order valence-corrected chi connectivity index (χ3v) is 1.76. The Morgan fingerprint density at radius 3 is 2.64 bits per heavy atom. The van der Waals surface area contributed by atoms with E-state index in [0.717, 1.165) is 17.7 Å². The Hall–Kier alpha value is -1.69. The van der Waals surface area contributed by atoms with Crippen molar-refractivity contribution in [2.75, 3.05) is 0 Å². The van der Waals surface area contributed by atoms with Crippen LogP contribution in [0.15, 0.2) is 24.3 Å². The van der Waals surface area contributed by atoms with Crippen molar-refractivity contribution >= 4 is 0 Å². The molecule has 72 valence electrons. The van der Waals surface area contributed by atoms with Crippen molar-refractivity contribution in [2.45, 2.75) is 13.3 Å². The number of nitrogens with zero attached hydrogens (tertiary/aromatic N) is 1. The van der Waals surface area contributed by atoms with Crippen LogP contribution in [0.1, 0.15) is 18.1 Å². The first kappa shape index (κ1) is 10.4. The predicted molar refractivity (Wildman–Crippen MR) is 49.6 cm³/mol. The van der Waals surface area contributed by atoms with Gasteiger partial charge < -0.3 is 0 Å². The number of rotatable bonds is 2. The molecule has 0 atom stereocenters. The molecular weight excluding hydrogens is 184 g/mol. The fourth-order valence-electron chi connectivity index (χ4n) is 1.18. The summed E-state index contributed by atoms with van der Waals surface area (Å²) >= 11 is 0. The molecular formula is C11H9F2N. The highest BCUT2D eigenvalue weighted by atomic mass is 19.1. The molecule has 0 aliphatic heterocycles. The molecule has 1 aromatic carbocycles. The van der Waals surface area contributed by atoms with E-state index in [2.05, 4.69) is 6.58 Å². The van der Waals surface area contributed by atoms with Crippen molar-refractivity contribution in [1.29, 1.82) is 5.26 Å². The summed E-state index contributed by atoms with van der Waals surface area (Å²) in [5.41, 5.74) is 0.971. The van der Waals surface area contributed by atoms with E-state index < -0.39 is 11.6 Å². The minimum Gasteiger partial charge on any atom is -0.207 e. The quantitative estimate of drug-likeness (QED) is 0.662. The normalized spacial score (nSPS) is 9.57. The maximum atomic E-state index is 13.2. The Labute approximate surface area is 81.3 Å². The summed E-state index contributed by atoms with van der Waals surface area (Å²) in [7, 11) is 0. The molecule has 0 fully saturated rings. The number of halogens is 2. The number of nitriles is 1. The number of hydrogen-bond donors (Lipinski definition) is 0. The molecule has 0 amide bonds. The lowest BCUT2D eigenvalue weighted by atomic mass is 10.0. The number of benzene rings is 1. The Balaban J connectivity index is 3.27. The van der Waals surface area contributed by atoms with Crippen LogP contribution in [0, 0.1) is 23.0 Å². The lowest BCUT2D eigenvalue weighted by molar-refractivity contribution is 0.573. The Bertz CT molecular complexity index is 416. The fourth-order valence-corrected chi connectivity index (χ4v) is 1.18. The summed E-state index contributed by atoms with van der Waals surface area (Å²) < 4.78 is 25.9. The second kappa shape index (κ2) is 4.01. The van der Waals surface area contributed by atoms with Crippen LogP contribution in [0.4, 0.5) is 8.78 Å². The highest BCUT2D eigenvalue weighted by Crippen LogP contribution is 2.18. The van der Waals surface area contributed by atoms with Crippen molar-refractivity contribution in [3.05, 3.63) is 47.0 Å². The second-order valence-corrected chi connectivity index (χ2v) is 3.16. The molecule has 0 saturated carbocycles. The van der Waals surface area contributed by atoms with Gasteiger partial charge in [-0.2, -0.15) is 5.26 Å². The first-order valence-corrected chi connectivity index (χ1v) is 4.07. The van der Waals surface area contributed by atoms with E-state index in [1.165, 1.54) is 0 Å². The van der Waals surface area contributed by atoms with Gasteiger partial charge in [0.15, 0.2) is 0 Å². The van der Waals surface area contributed by atoms with Crippen molar-refractivity contribution in [1.82, 2.24) is 0 Å². The van der Waals surface area contributed by atoms with Gasteiger partial charge >= 0.3 is 0 Å². The first-order chi connectivity index (χ1) is 6.54. The van der Waals surface area contributed by atoms with Crippen molar-refractivity contribution in [2.24, 2.45) is 0 Å². The molecule has 14 heavy (non-hydrogen) atoms. The van der Waals surface area contributed by atoms with Gasteiger partial charge in [0.1, 0.15) is 11.6 Å². The molecule has 0 heterocycles. The van der Waals surface area contributed by atoms with Gasteiger partial charge in [0.25, 0.3) is 0 Å². The largest absolute Gasteiger partial charge is 0.207 e. The van der Waals surface area contributed by atoms with E-state index in [4.69, 9.17) is 5.26 Å². The Morgan fingerprint density at radius 1 is 1.50 bits per heavy atom. The SMILES string of the molecule is C=C(C)Cc1c(F)cc(F)cc1C#N. The third-order valence-electron chi connectivity index (χ3n) is 1.76. The highest BCUT2D eigenvalue weighted by Gasteiger charge is 2.10. The van der Waals surface area contributed by atoms with Crippen LogP contribution < -0.4 is 0 Å². The van der Waals surface area contributed by atoms with E-state index in [-0.39, 0.29) is 17.5 Å². The zero-order valence-electron chi connectivity index (χ0n) is 7.77. The Kier molecular flexibility index (Phi) is 2.98. The smallest absolute Gasteiger partial charge is 0.130 e. The van der Waals surface area contributed by atoms with E-state index in [1.807, 2.05) is 0 Å². The molecule has 0 bridgehead atoms. The summed E-state index contributed by atoms with van der Waals surface area (Å²) in [5.74, 6) is -1.42. The standard InChI is InChI=1S/C11H9F2N/c1-7(2)3-10-8(6-14)4-9(12)5-11(10)13/h4-5H,1,3H2,2H3. The molecule has 1 nitrogen and oxygen atoms in total. The first-order valence-electron chi connectivity index (χ1n) is 4.07. The zero-order chi connectivity index (χ0) is 10.7. The van der Waals surface area contributed by atoms with Crippen LogP contribution in [0.5, 0.6) is 0 Å². The molecule has 0 unspecified atom stereocenters. The van der Waals surface area contributed by atoms with Crippen LogP contribution in [0.2, 0.25) is 0 Å². The molecule has 3 heteroatoms. The molecule has 1 rings (SSSR count). The van der Waals surface area contributed by atoms with Crippen molar-refractivity contribution < 1.29 is 8.78 Å². The van der Waals surface area contributed by atoms with Crippen LogP contribution in [0.3, 0.4) is 0 Å². The van der Waals surface area contributed by atoms with Crippen LogP contribution in [-0.4, -0.2) is 0 Å². The molecule has 0 radical (unpaired) electrons. The maximum Gasteiger partial charge on any atom is 0.130 e. The second-order valence-electron chi connectivity index (χ2n) is 3.16. The molecule has 0 aliphatic rings. The van der Waals surface area contributed by atoms with Gasteiger partial charge in [-0.25, -0.2) is 8.78 Å². The van der Waals surface area contributed by atoms with Gasteiger partial charge in [-0.05, 0) is 19.4 Å². The number of allylic oxidation sites excluding steroid dienone is 1. The van der Waals surface area contributed by atoms with Gasteiger partial charge in [0.05, 0.1) is 11.6 Å². The molecule has 0 aromatic heterocycles. The monoisotopic (exact) mass is 193 g/mol. The average molecular weight is 193 g/mol. The summed E-state index contributed by atoms with van der Waals surface area (Å²) in [6.45, 7) is 5.35. The minimum atomic E-state index is -0.732. The van der Waals surface area contributed by atoms with E-state index in [0.29, 0.717) is 0 Å². The molecule has 0 N–H and O–H groups in total. The maximum absolute atomic E-state index is 13.2. The molecule has 0 saturated heterocycles. The van der Waals surface area contributed by atoms with Crippen molar-refractivity contribution in [3.8, 4) is 6.07 Å². The van der Waals surface area contributed by atoms with Gasteiger partial charge in [-0.15, -0.1) is 0 Å². The van der Waals surface area contributed by atoms with Crippen LogP contribution >= 0.6 is 0 Å². The van der Waals surface area contributed by atoms with Gasteiger partial charge in [-0.1, -0.05) is 12.2 Å². The molecule has 0 aliphatic carbocycles. The lowest BCUT2D eigenvalue weighted by Gasteiger charge is -2.05. The molecule has 0 spiro atoms. The summed E-state index contributed by atoms with van der Waals surface area (Å²) in [6, 6.07) is 3.57. The Morgan fingerprint density at radius 2 is 2.14 bits per heavy atom. The highest BCUT2D eigenvalue weighted by molar-refractivity contribution is 5.40. The van der Waals surface area contributed by atoms with E-state index in [9.17, 15) is 8.78 Å². The molecule has 1 aromatic rings. The van der Waals surface area contributed by atoms with Crippen LogP contribution in [-0.2, 0) is 6.42 Å². The predicted octanol–water partition coefficient (Wildman–Crippen LogP) is 2.96. The summed E-state index contributed by atoms with van der Waals surface area (Å²) in [6.07, 6.45) is 0.259. The summed E-state index contributed by atoms with van der Waals surface area (Å²) in [4.78, 5) is 0. The topological polar surface area (TPSA) is 23.8 Å². The zero-order valence-corrected chi connectivity index (χ0v) is 7.77. The van der Waals surface area contributed by atoms with Gasteiger partial charge in [0.2, 0.25) is 0 Å². The average Bonchev–Trinajstić information content (AvgIpc) is 2.08. The fraction of sp³-hybridized carbons (Fsp3) is 0.182. The van der Waals surface area contributed by atoms with Gasteiger partial charge in [-0.3, -0.25) is 0 Å². The van der Waals surface area contributed by atoms with Crippen LogP contribution in [0.25, 0.3) is 0 Å². The summed E-state index contributed by atoms with van der Waals surface area (Å²) in [5, 5.41) is 8.67. The van der Waals surface area contributed by atoms with E-state index in [1.54, 1.807) is 13.0 Å². The van der Waals surface area contributed by atoms with Gasteiger partial charge in [0, 0.05) is 11.6 Å². The minimum absolute atomic E-state index is 0.0329.